The molecule has 0 saturated carbocycles. The van der Waals surface area contributed by atoms with E-state index in [2.05, 4.69) is 30.2 Å². The van der Waals surface area contributed by atoms with Crippen LogP contribution in [0.2, 0.25) is 0 Å². The molecule has 0 aliphatic carbocycles. The van der Waals surface area contributed by atoms with Crippen molar-refractivity contribution >= 4 is 17.2 Å². The molecule has 0 N–H and O–H groups in total. The van der Waals surface area contributed by atoms with E-state index in [9.17, 15) is 4.79 Å². The summed E-state index contributed by atoms with van der Waals surface area (Å²) < 4.78 is 6.83. The van der Waals surface area contributed by atoms with Crippen LogP contribution in [0.4, 0.5) is 0 Å². The van der Waals surface area contributed by atoms with Gasteiger partial charge in [0.1, 0.15) is 17.2 Å². The molecular formula is C17H20N6O2S. The zero-order valence-electron chi connectivity index (χ0n) is 14.5. The van der Waals surface area contributed by atoms with Crippen molar-refractivity contribution in [2.24, 2.45) is 0 Å². The van der Waals surface area contributed by atoms with E-state index in [1.54, 1.807) is 18.3 Å². The van der Waals surface area contributed by atoms with Crippen molar-refractivity contribution in [3.8, 4) is 0 Å². The summed E-state index contributed by atoms with van der Waals surface area (Å²) in [5, 5.41) is 9.61. The van der Waals surface area contributed by atoms with Gasteiger partial charge in [0.25, 0.3) is 0 Å². The third-order valence-electron chi connectivity index (χ3n) is 4.77. The number of aryl methyl sites for hydroxylation is 1. The van der Waals surface area contributed by atoms with Crippen molar-refractivity contribution in [3.05, 3.63) is 46.2 Å². The zero-order valence-corrected chi connectivity index (χ0v) is 15.4. The molecule has 26 heavy (non-hydrogen) atoms. The first-order valence-electron chi connectivity index (χ1n) is 8.64. The number of piperidine rings is 1. The lowest BCUT2D eigenvalue weighted by molar-refractivity contribution is -0.131. The van der Waals surface area contributed by atoms with Gasteiger partial charge in [0.15, 0.2) is 0 Å². The van der Waals surface area contributed by atoms with Crippen LogP contribution in [0.5, 0.6) is 0 Å². The normalized spacial score (nSPS) is 17.6. The van der Waals surface area contributed by atoms with E-state index in [0.29, 0.717) is 24.5 Å². The maximum Gasteiger partial charge on any atom is 0.228 e. The minimum Gasteiger partial charge on any atom is -0.342 e. The number of aromatic nitrogens is 5. The summed E-state index contributed by atoms with van der Waals surface area (Å²) >= 11 is 1.59. The number of thiazole rings is 1. The maximum absolute atomic E-state index is 12.7. The van der Waals surface area contributed by atoms with Crippen LogP contribution in [0.15, 0.2) is 27.9 Å². The molecule has 1 aliphatic heterocycles. The Morgan fingerprint density at radius 1 is 1.38 bits per heavy atom. The second kappa shape index (κ2) is 7.36. The molecule has 0 aromatic carbocycles. The van der Waals surface area contributed by atoms with Crippen molar-refractivity contribution in [3.63, 3.8) is 0 Å². The number of carbonyl (C=O) groups is 1. The minimum atomic E-state index is 0.0612. The molecule has 1 saturated heterocycles. The van der Waals surface area contributed by atoms with E-state index in [1.807, 2.05) is 22.8 Å². The lowest BCUT2D eigenvalue weighted by atomic mass is 9.96. The Hall–Kier alpha value is -2.55. The lowest BCUT2D eigenvalue weighted by Gasteiger charge is -2.32. The fraction of sp³-hybridized carbons (Fsp3) is 0.471. The van der Waals surface area contributed by atoms with Gasteiger partial charge in [-0.25, -0.2) is 14.6 Å². The van der Waals surface area contributed by atoms with Crippen molar-refractivity contribution in [2.75, 3.05) is 13.1 Å². The molecule has 136 valence electrons. The van der Waals surface area contributed by atoms with Gasteiger partial charge in [0, 0.05) is 36.8 Å². The van der Waals surface area contributed by atoms with Crippen molar-refractivity contribution < 1.29 is 9.42 Å². The predicted molar refractivity (Wildman–Crippen MR) is 94.7 cm³/mol. The molecule has 0 bridgehead atoms. The number of hydrogen-bond acceptors (Lipinski definition) is 7. The van der Waals surface area contributed by atoms with Gasteiger partial charge in [-0.1, -0.05) is 10.3 Å². The Bertz CT molecular complexity index is 872. The molecule has 1 fully saturated rings. The Morgan fingerprint density at radius 2 is 2.31 bits per heavy atom. The third kappa shape index (κ3) is 3.52. The summed E-state index contributed by atoms with van der Waals surface area (Å²) in [5.74, 6) is 1.32. The van der Waals surface area contributed by atoms with E-state index >= 15 is 0 Å². The van der Waals surface area contributed by atoms with Gasteiger partial charge >= 0.3 is 0 Å². The largest absolute Gasteiger partial charge is 0.342 e. The Kier molecular flexibility index (Phi) is 4.79. The van der Waals surface area contributed by atoms with Crippen LogP contribution in [-0.2, 0) is 17.8 Å². The summed E-state index contributed by atoms with van der Waals surface area (Å²) in [4.78, 5) is 23.5. The van der Waals surface area contributed by atoms with E-state index in [0.717, 1.165) is 30.9 Å². The highest BCUT2D eigenvalue weighted by Crippen LogP contribution is 2.26. The van der Waals surface area contributed by atoms with Gasteiger partial charge in [0.2, 0.25) is 5.91 Å². The maximum atomic E-state index is 12.7. The van der Waals surface area contributed by atoms with Crippen LogP contribution in [0, 0.1) is 6.92 Å². The second-order valence-electron chi connectivity index (χ2n) is 6.55. The number of rotatable bonds is 5. The fourth-order valence-electron chi connectivity index (χ4n) is 3.38. The van der Waals surface area contributed by atoms with E-state index < -0.39 is 0 Å². The Labute approximate surface area is 154 Å². The number of hydrogen-bond donors (Lipinski definition) is 0. The quantitative estimate of drug-likeness (QED) is 0.681. The van der Waals surface area contributed by atoms with E-state index in [4.69, 9.17) is 4.63 Å². The molecule has 3 aromatic rings. The van der Waals surface area contributed by atoms with Crippen LogP contribution in [-0.4, -0.2) is 48.7 Å². The summed E-state index contributed by atoms with van der Waals surface area (Å²) in [6, 6.07) is 0. The number of carbonyl (C=O) groups excluding carboxylic acids is 1. The van der Waals surface area contributed by atoms with Crippen molar-refractivity contribution in [1.29, 1.82) is 0 Å². The van der Waals surface area contributed by atoms with Crippen LogP contribution < -0.4 is 0 Å². The van der Waals surface area contributed by atoms with E-state index in [1.165, 1.54) is 0 Å². The lowest BCUT2D eigenvalue weighted by Crippen LogP contribution is -2.40. The first kappa shape index (κ1) is 16.9. The molecule has 1 aliphatic rings. The first-order valence-corrected chi connectivity index (χ1v) is 9.59. The second-order valence-corrected chi connectivity index (χ2v) is 7.26. The summed E-state index contributed by atoms with van der Waals surface area (Å²) in [6.07, 6.45) is 6.04. The van der Waals surface area contributed by atoms with Gasteiger partial charge < -0.3 is 9.47 Å². The third-order valence-corrected chi connectivity index (χ3v) is 5.40. The van der Waals surface area contributed by atoms with Crippen LogP contribution >= 0.6 is 11.3 Å². The number of nitrogens with zero attached hydrogens (tertiary/aromatic N) is 6. The number of imidazole rings is 1. The Balaban J connectivity index is 1.45. The predicted octanol–water partition coefficient (Wildman–Crippen LogP) is 2.03. The summed E-state index contributed by atoms with van der Waals surface area (Å²) in [6.45, 7) is 3.96. The topological polar surface area (TPSA) is 89.9 Å². The average Bonchev–Trinajstić information content (AvgIpc) is 3.39. The molecule has 3 aromatic heterocycles. The fourth-order valence-corrected chi connectivity index (χ4v) is 3.93. The first-order chi connectivity index (χ1) is 12.7. The highest BCUT2D eigenvalue weighted by atomic mass is 32.1. The highest BCUT2D eigenvalue weighted by molar-refractivity contribution is 7.07. The van der Waals surface area contributed by atoms with E-state index in [-0.39, 0.29) is 18.2 Å². The van der Waals surface area contributed by atoms with Gasteiger partial charge in [0.05, 0.1) is 24.2 Å². The molecule has 4 heterocycles. The smallest absolute Gasteiger partial charge is 0.228 e. The Morgan fingerprint density at radius 3 is 3.08 bits per heavy atom. The SMILES string of the molecule is Cc1nonc1CC(=O)N1CCC[C@H](c2nccn2Cc2cscn2)C1. The zero-order chi connectivity index (χ0) is 17.9. The van der Waals surface area contributed by atoms with Crippen molar-refractivity contribution in [2.45, 2.75) is 38.6 Å². The van der Waals surface area contributed by atoms with Gasteiger partial charge in [-0.15, -0.1) is 11.3 Å². The number of likely N-dealkylation sites (tertiary alicyclic amines) is 1. The molecule has 0 radical (unpaired) electrons. The number of amides is 1. The molecule has 9 heteroatoms. The minimum absolute atomic E-state index is 0.0612. The molecule has 1 atom stereocenters. The molecule has 0 spiro atoms. The van der Waals surface area contributed by atoms with Crippen molar-refractivity contribution in [1.82, 2.24) is 29.7 Å². The van der Waals surface area contributed by atoms with Crippen LogP contribution in [0.25, 0.3) is 0 Å². The molecule has 1 amide bonds. The average molecular weight is 372 g/mol. The molecular weight excluding hydrogens is 352 g/mol. The van der Waals surface area contributed by atoms with Crippen LogP contribution in [0.3, 0.4) is 0 Å². The molecule has 8 nitrogen and oxygen atoms in total. The molecule has 0 unspecified atom stereocenters. The molecule has 4 rings (SSSR count). The monoisotopic (exact) mass is 372 g/mol. The van der Waals surface area contributed by atoms with Crippen LogP contribution in [0.1, 0.15) is 41.7 Å². The highest BCUT2D eigenvalue weighted by Gasteiger charge is 2.28. The van der Waals surface area contributed by atoms with Gasteiger partial charge in [-0.2, -0.15) is 0 Å². The van der Waals surface area contributed by atoms with Gasteiger partial charge in [-0.05, 0) is 19.8 Å². The standard InChI is InChI=1S/C17H20N6O2S/c1-12-15(21-25-20-12)7-16(24)22-5-2-3-13(8-22)17-18-4-6-23(17)9-14-10-26-11-19-14/h4,6,10-11,13H,2-3,5,7-9H2,1H3/t13-/m0/s1. The van der Waals surface area contributed by atoms with Gasteiger partial charge in [-0.3, -0.25) is 4.79 Å². The summed E-state index contributed by atoms with van der Waals surface area (Å²) in [7, 11) is 0. The summed E-state index contributed by atoms with van der Waals surface area (Å²) in [5.41, 5.74) is 4.16.